The Morgan fingerprint density at radius 3 is 0.806 bits per heavy atom. The first-order chi connectivity index (χ1) is 12.2. The van der Waals surface area contributed by atoms with Crippen LogP contribution in [0.3, 0.4) is 0 Å². The largest absolute Gasteiger partial charge is 0.0776 e. The van der Waals surface area contributed by atoms with E-state index < -0.39 is 0 Å². The van der Waals surface area contributed by atoms with Gasteiger partial charge in [-0.3, -0.25) is 0 Å². The van der Waals surface area contributed by atoms with Crippen LogP contribution in [-0.4, -0.2) is 0 Å². The van der Waals surface area contributed by atoms with Gasteiger partial charge in [0.15, 0.2) is 0 Å². The molecule has 200 valence electrons. The normalized spacial score (nSPS) is 19.2. The quantitative estimate of drug-likeness (QED) is 0.402. The van der Waals surface area contributed by atoms with Crippen molar-refractivity contribution in [2.24, 2.45) is 46.3 Å². The van der Waals surface area contributed by atoms with Crippen LogP contribution < -0.4 is 0 Å². The zero-order valence-electron chi connectivity index (χ0n) is 22.6. The van der Waals surface area contributed by atoms with Crippen molar-refractivity contribution in [2.75, 3.05) is 0 Å². The summed E-state index contributed by atoms with van der Waals surface area (Å²) in [6, 6.07) is 0. The first-order valence-electron chi connectivity index (χ1n) is 12.2. The molecule has 0 aromatic carbocycles. The van der Waals surface area contributed by atoms with Gasteiger partial charge in [0.1, 0.15) is 0 Å². The molecule has 0 aromatic rings. The van der Waals surface area contributed by atoms with Gasteiger partial charge in [-0.1, -0.05) is 147 Å². The van der Waals surface area contributed by atoms with Crippen molar-refractivity contribution in [2.45, 2.75) is 160 Å². The maximum atomic E-state index is 2.40. The van der Waals surface area contributed by atoms with Crippen molar-refractivity contribution < 1.29 is 0 Å². The number of rotatable bonds is 3. The van der Waals surface area contributed by atoms with Gasteiger partial charge in [-0.05, 0) is 59.2 Å². The fraction of sp³-hybridized carbons (Fsp3) is 1.00. The molecule has 0 heteroatoms. The van der Waals surface area contributed by atoms with Gasteiger partial charge in [0.2, 0.25) is 0 Å². The van der Waals surface area contributed by atoms with Crippen LogP contribution in [0.1, 0.15) is 160 Å². The monoisotopic (exact) mass is 449 g/mol. The van der Waals surface area contributed by atoms with Crippen molar-refractivity contribution in [1.29, 1.82) is 0 Å². The van der Waals surface area contributed by atoms with Crippen LogP contribution in [0.4, 0.5) is 0 Å². The summed E-state index contributed by atoms with van der Waals surface area (Å²) in [5.74, 6) is 5.26. The molecule has 0 aliphatic heterocycles. The van der Waals surface area contributed by atoms with Crippen molar-refractivity contribution >= 4 is 0 Å². The van der Waals surface area contributed by atoms with E-state index in [0.717, 1.165) is 35.5 Å². The molecule has 0 saturated heterocycles. The number of hydrogen-bond donors (Lipinski definition) is 0. The zero-order valence-corrected chi connectivity index (χ0v) is 22.6. The highest BCUT2D eigenvalue weighted by atomic mass is 14.5. The molecule has 31 heavy (non-hydrogen) atoms. The lowest BCUT2D eigenvalue weighted by Crippen LogP contribution is -2.32. The lowest BCUT2D eigenvalue weighted by molar-refractivity contribution is 0.0992. The van der Waals surface area contributed by atoms with E-state index in [1.165, 1.54) is 19.3 Å². The van der Waals surface area contributed by atoms with Crippen molar-refractivity contribution in [1.82, 2.24) is 0 Å². The summed E-state index contributed by atoms with van der Waals surface area (Å²) in [4.78, 5) is 0. The van der Waals surface area contributed by atoms with Gasteiger partial charge >= 0.3 is 0 Å². The molecule has 0 bridgehead atoms. The number of hydrogen-bond acceptors (Lipinski definition) is 0. The van der Waals surface area contributed by atoms with Crippen molar-refractivity contribution in [3.05, 3.63) is 0 Å². The van der Waals surface area contributed by atoms with Gasteiger partial charge in [-0.15, -0.1) is 0 Å². The standard InChI is InChI=1S/C13H26.C10H22.2C2H6.4CH4/c1-12(2,3)10-8-7-9-11(10)13(4,5)6;1-7(2)9(5)10(6)8(3)4;2*1-2;;;;/h10-11H,7-9H2,1-6H3;7-10H,1-6H3;2*1-2H3;4*1H4. The molecule has 0 nitrogen and oxygen atoms in total. The third kappa shape index (κ3) is 20.3. The highest BCUT2D eigenvalue weighted by molar-refractivity contribution is 4.91. The Labute approximate surface area is 206 Å². The van der Waals surface area contributed by atoms with E-state index in [1.807, 2.05) is 27.7 Å². The third-order valence-electron chi connectivity index (χ3n) is 6.67. The fourth-order valence-electron chi connectivity index (χ4n) is 4.25. The Bertz CT molecular complexity index is 278. The third-order valence-corrected chi connectivity index (χ3v) is 6.67. The van der Waals surface area contributed by atoms with E-state index >= 15 is 0 Å². The Kier molecular flexibility index (Phi) is 36.2. The summed E-state index contributed by atoms with van der Waals surface area (Å²) in [5, 5.41) is 0. The molecule has 1 aliphatic rings. The predicted molar refractivity (Wildman–Crippen MR) is 157 cm³/mol. The van der Waals surface area contributed by atoms with Crippen molar-refractivity contribution in [3.63, 3.8) is 0 Å². The van der Waals surface area contributed by atoms with Crippen molar-refractivity contribution in [3.8, 4) is 0 Å². The van der Waals surface area contributed by atoms with Crippen LogP contribution in [0.5, 0.6) is 0 Å². The van der Waals surface area contributed by atoms with Crippen LogP contribution in [-0.2, 0) is 0 Å². The molecular formula is C31H76. The fourth-order valence-corrected chi connectivity index (χ4v) is 4.25. The lowest BCUT2D eigenvalue weighted by Gasteiger charge is -2.39. The first-order valence-corrected chi connectivity index (χ1v) is 12.2. The molecule has 1 fully saturated rings. The summed E-state index contributed by atoms with van der Waals surface area (Å²) in [6.45, 7) is 36.4. The molecule has 1 aliphatic carbocycles. The van der Waals surface area contributed by atoms with Gasteiger partial charge in [0, 0.05) is 0 Å². The smallest absolute Gasteiger partial charge is 0.0332 e. The van der Waals surface area contributed by atoms with E-state index in [2.05, 4.69) is 83.1 Å². The second-order valence-electron chi connectivity index (χ2n) is 11.1. The highest BCUT2D eigenvalue weighted by Gasteiger charge is 2.41. The van der Waals surface area contributed by atoms with Crippen LogP contribution >= 0.6 is 0 Å². The van der Waals surface area contributed by atoms with Crippen LogP contribution in [0, 0.1) is 46.3 Å². The van der Waals surface area contributed by atoms with Gasteiger partial charge < -0.3 is 0 Å². The molecule has 0 aromatic heterocycles. The second kappa shape index (κ2) is 23.2. The Hall–Kier alpha value is 0. The average molecular weight is 449 g/mol. The summed E-state index contributed by atoms with van der Waals surface area (Å²) >= 11 is 0. The first kappa shape index (κ1) is 48.4. The summed E-state index contributed by atoms with van der Waals surface area (Å²) in [6.07, 6.45) is 4.35. The van der Waals surface area contributed by atoms with Gasteiger partial charge in [0.25, 0.3) is 0 Å². The molecule has 1 rings (SSSR count). The molecule has 0 amide bonds. The van der Waals surface area contributed by atoms with Gasteiger partial charge in [-0.2, -0.15) is 0 Å². The SMILES string of the molecule is C.C.C.C.CC.CC.CC(C)(C)C1CCCC1C(C)(C)C.CC(C)C(C)C(C)C(C)C. The molecule has 0 heterocycles. The van der Waals surface area contributed by atoms with Gasteiger partial charge in [0.05, 0.1) is 0 Å². The second-order valence-corrected chi connectivity index (χ2v) is 11.1. The minimum absolute atomic E-state index is 0. The Morgan fingerprint density at radius 2 is 0.677 bits per heavy atom. The minimum Gasteiger partial charge on any atom is -0.0776 e. The van der Waals surface area contributed by atoms with E-state index in [-0.39, 0.29) is 29.7 Å². The maximum absolute atomic E-state index is 2.40. The maximum Gasteiger partial charge on any atom is -0.0332 e. The molecule has 4 atom stereocenters. The van der Waals surface area contributed by atoms with Gasteiger partial charge in [-0.25, -0.2) is 0 Å². The molecule has 0 radical (unpaired) electrons. The minimum atomic E-state index is 0. The topological polar surface area (TPSA) is 0 Å². The summed E-state index contributed by atoms with van der Waals surface area (Å²) in [5.41, 5.74) is 1.02. The van der Waals surface area contributed by atoms with Crippen LogP contribution in [0.25, 0.3) is 0 Å². The predicted octanol–water partition coefficient (Wildman–Crippen LogP) is 12.7. The molecule has 4 unspecified atom stereocenters. The van der Waals surface area contributed by atoms with E-state index in [9.17, 15) is 0 Å². The highest BCUT2D eigenvalue weighted by Crippen LogP contribution is 2.50. The van der Waals surface area contributed by atoms with Crippen LogP contribution in [0.2, 0.25) is 0 Å². The zero-order chi connectivity index (χ0) is 22.6. The van der Waals surface area contributed by atoms with E-state index in [4.69, 9.17) is 0 Å². The summed E-state index contributed by atoms with van der Waals surface area (Å²) in [7, 11) is 0. The van der Waals surface area contributed by atoms with E-state index in [0.29, 0.717) is 10.8 Å². The van der Waals surface area contributed by atoms with Crippen LogP contribution in [0.15, 0.2) is 0 Å². The molecular weight excluding hydrogens is 372 g/mol. The molecule has 1 saturated carbocycles. The molecule has 0 N–H and O–H groups in total. The average Bonchev–Trinajstić information content (AvgIpc) is 3.08. The lowest BCUT2D eigenvalue weighted by atomic mass is 9.66. The van der Waals surface area contributed by atoms with E-state index in [1.54, 1.807) is 0 Å². The summed E-state index contributed by atoms with van der Waals surface area (Å²) < 4.78 is 0. The Morgan fingerprint density at radius 1 is 0.484 bits per heavy atom. The Balaban J connectivity index is -0.0000000585. The molecule has 0 spiro atoms.